The van der Waals surface area contributed by atoms with Crippen molar-refractivity contribution in [3.8, 4) is 0 Å². The molecular formula is C18H18F2N2O4S. The number of sulfone groups is 1. The molecule has 2 aromatic rings. The number of rotatable bonds is 5. The first-order valence-corrected chi connectivity index (χ1v) is 10.2. The van der Waals surface area contributed by atoms with Crippen molar-refractivity contribution >= 4 is 27.1 Å². The van der Waals surface area contributed by atoms with Gasteiger partial charge in [0.15, 0.2) is 15.7 Å². The average Bonchev–Trinajstić information content (AvgIpc) is 3.22. The number of anilines is 1. The number of benzene rings is 1. The van der Waals surface area contributed by atoms with Gasteiger partial charge in [-0.15, -0.1) is 0 Å². The fourth-order valence-corrected chi connectivity index (χ4v) is 3.62. The highest BCUT2D eigenvalue weighted by atomic mass is 32.2. The van der Waals surface area contributed by atoms with Crippen molar-refractivity contribution in [3.05, 3.63) is 48.2 Å². The van der Waals surface area contributed by atoms with Gasteiger partial charge in [0.25, 0.3) is 5.91 Å². The highest BCUT2D eigenvalue weighted by Crippen LogP contribution is 2.34. The van der Waals surface area contributed by atoms with Gasteiger partial charge in [0, 0.05) is 17.9 Å². The molecule has 0 aliphatic heterocycles. The Balaban J connectivity index is 1.93. The van der Waals surface area contributed by atoms with Crippen LogP contribution in [0.3, 0.4) is 0 Å². The van der Waals surface area contributed by atoms with Crippen LogP contribution in [0.1, 0.15) is 18.4 Å². The molecule has 0 spiro atoms. The van der Waals surface area contributed by atoms with Gasteiger partial charge in [0.1, 0.15) is 18.6 Å². The zero-order valence-electron chi connectivity index (χ0n) is 14.4. The molecule has 3 atom stereocenters. The van der Waals surface area contributed by atoms with Gasteiger partial charge in [0.2, 0.25) is 0 Å². The van der Waals surface area contributed by atoms with E-state index < -0.39 is 34.0 Å². The van der Waals surface area contributed by atoms with Crippen LogP contribution in [0.4, 0.5) is 14.6 Å². The summed E-state index contributed by atoms with van der Waals surface area (Å²) in [6.07, 6.45) is 0.761. The van der Waals surface area contributed by atoms with E-state index in [1.807, 2.05) is 0 Å². The Morgan fingerprint density at radius 1 is 1.19 bits per heavy atom. The van der Waals surface area contributed by atoms with Crippen LogP contribution < -0.4 is 5.32 Å². The Labute approximate surface area is 155 Å². The van der Waals surface area contributed by atoms with Gasteiger partial charge in [-0.1, -0.05) is 23.4 Å². The molecule has 6 nitrogen and oxygen atoms in total. The number of alkyl halides is 2. The molecule has 1 saturated carbocycles. The fourth-order valence-electron chi connectivity index (χ4n) is 2.99. The molecule has 3 rings (SSSR count). The summed E-state index contributed by atoms with van der Waals surface area (Å²) < 4.78 is 54.9. The summed E-state index contributed by atoms with van der Waals surface area (Å²) >= 11 is 0. The van der Waals surface area contributed by atoms with Crippen LogP contribution in [0.2, 0.25) is 0 Å². The van der Waals surface area contributed by atoms with E-state index in [1.165, 1.54) is 42.7 Å². The van der Waals surface area contributed by atoms with E-state index in [-0.39, 0.29) is 29.1 Å². The Morgan fingerprint density at radius 3 is 2.33 bits per heavy atom. The van der Waals surface area contributed by atoms with Gasteiger partial charge in [-0.05, 0) is 36.5 Å². The minimum absolute atomic E-state index is 0.0106. The third-order valence-corrected chi connectivity index (χ3v) is 5.50. The number of hydrogen-bond acceptors (Lipinski definition) is 5. The Morgan fingerprint density at radius 2 is 1.81 bits per heavy atom. The van der Waals surface area contributed by atoms with Crippen LogP contribution in [0.5, 0.6) is 0 Å². The zero-order valence-corrected chi connectivity index (χ0v) is 15.2. The molecule has 0 saturated heterocycles. The second-order valence-corrected chi connectivity index (χ2v) is 8.49. The molecule has 1 aliphatic carbocycles. The number of aromatic nitrogens is 1. The third-order valence-electron chi connectivity index (χ3n) is 4.37. The van der Waals surface area contributed by atoms with Crippen LogP contribution >= 0.6 is 0 Å². The second-order valence-electron chi connectivity index (χ2n) is 6.48. The van der Waals surface area contributed by atoms with Gasteiger partial charge < -0.3 is 9.84 Å². The molecule has 1 aromatic carbocycles. The van der Waals surface area contributed by atoms with Crippen molar-refractivity contribution in [2.75, 3.05) is 11.6 Å². The normalized spacial score (nSPS) is 23.4. The van der Waals surface area contributed by atoms with E-state index in [4.69, 9.17) is 0 Å². The smallest absolute Gasteiger partial charge is 0.257 e. The van der Waals surface area contributed by atoms with Crippen LogP contribution in [0, 0.1) is 5.92 Å². The van der Waals surface area contributed by atoms with E-state index in [1.54, 1.807) is 0 Å². The standard InChI is InChI=1S/C18H18F2N2O4S/c1-27(24,25)13-4-2-12(3-5-13)14(8-11-9-15(19)16(20)10-11)18(23)21-17-6-7-26-22-17/h2-8,11,15-16H,9-10H2,1H3,(H,21,22,23)/b14-8+/t11-,15+,16-. The van der Waals surface area contributed by atoms with E-state index in [0.29, 0.717) is 5.56 Å². The molecule has 144 valence electrons. The average molecular weight is 396 g/mol. The Hall–Kier alpha value is -2.55. The van der Waals surface area contributed by atoms with E-state index >= 15 is 0 Å². The number of nitrogens with zero attached hydrogens (tertiary/aromatic N) is 1. The van der Waals surface area contributed by atoms with Crippen molar-refractivity contribution in [1.29, 1.82) is 0 Å². The maximum atomic E-state index is 13.5. The maximum absolute atomic E-state index is 13.5. The number of halogens is 2. The highest BCUT2D eigenvalue weighted by Gasteiger charge is 2.34. The maximum Gasteiger partial charge on any atom is 0.257 e. The summed E-state index contributed by atoms with van der Waals surface area (Å²) in [4.78, 5) is 12.8. The lowest BCUT2D eigenvalue weighted by Gasteiger charge is -2.11. The fraction of sp³-hybridized carbons (Fsp3) is 0.333. The first kappa shape index (κ1) is 19.2. The van der Waals surface area contributed by atoms with Gasteiger partial charge in [0.05, 0.1) is 4.90 Å². The number of nitrogens with one attached hydrogen (secondary N) is 1. The number of hydrogen-bond donors (Lipinski definition) is 1. The monoisotopic (exact) mass is 396 g/mol. The first-order valence-electron chi connectivity index (χ1n) is 8.26. The van der Waals surface area contributed by atoms with Crippen LogP contribution in [0.25, 0.3) is 5.57 Å². The van der Waals surface area contributed by atoms with Crippen LogP contribution in [0.15, 0.2) is 52.1 Å². The quantitative estimate of drug-likeness (QED) is 0.784. The Bertz CT molecular complexity index is 930. The predicted molar refractivity (Wildman–Crippen MR) is 95.2 cm³/mol. The lowest BCUT2D eigenvalue weighted by Crippen LogP contribution is -2.15. The number of carbonyl (C=O) groups excluding carboxylic acids is 1. The molecule has 0 radical (unpaired) electrons. The van der Waals surface area contributed by atoms with Crippen molar-refractivity contribution < 1.29 is 26.5 Å². The summed E-state index contributed by atoms with van der Waals surface area (Å²) in [7, 11) is -3.39. The molecule has 0 bridgehead atoms. The van der Waals surface area contributed by atoms with Crippen LogP contribution in [-0.4, -0.2) is 38.1 Å². The summed E-state index contributed by atoms with van der Waals surface area (Å²) in [5.41, 5.74) is 0.616. The summed E-state index contributed by atoms with van der Waals surface area (Å²) in [5.74, 6) is -0.784. The zero-order chi connectivity index (χ0) is 19.6. The number of allylic oxidation sites excluding steroid dienone is 1. The second kappa shape index (κ2) is 7.59. The van der Waals surface area contributed by atoms with E-state index in [2.05, 4.69) is 15.0 Å². The highest BCUT2D eigenvalue weighted by molar-refractivity contribution is 7.90. The van der Waals surface area contributed by atoms with Crippen LogP contribution in [-0.2, 0) is 14.6 Å². The lowest BCUT2D eigenvalue weighted by molar-refractivity contribution is -0.111. The van der Waals surface area contributed by atoms with Gasteiger partial charge in [-0.3, -0.25) is 4.79 Å². The molecule has 0 unspecified atom stereocenters. The predicted octanol–water partition coefficient (Wildman–Crippen LogP) is 3.19. The summed E-state index contributed by atoms with van der Waals surface area (Å²) in [5, 5.41) is 6.15. The van der Waals surface area contributed by atoms with Crippen molar-refractivity contribution in [1.82, 2.24) is 5.16 Å². The van der Waals surface area contributed by atoms with Crippen molar-refractivity contribution in [2.24, 2.45) is 5.92 Å². The van der Waals surface area contributed by atoms with Gasteiger partial charge >= 0.3 is 0 Å². The SMILES string of the molecule is CS(=O)(=O)c1ccc(/C(=C\[C@H]2C[C@@H](F)[C@@H](F)C2)C(=O)Nc2ccon2)cc1. The minimum atomic E-state index is -3.39. The minimum Gasteiger partial charge on any atom is -0.363 e. The molecule has 1 aliphatic rings. The third kappa shape index (κ3) is 4.60. The largest absolute Gasteiger partial charge is 0.363 e. The van der Waals surface area contributed by atoms with Crippen molar-refractivity contribution in [3.63, 3.8) is 0 Å². The lowest BCUT2D eigenvalue weighted by atomic mass is 9.98. The molecule has 1 aromatic heterocycles. The molecule has 1 heterocycles. The Kier molecular flexibility index (Phi) is 5.41. The molecule has 1 N–H and O–H groups in total. The van der Waals surface area contributed by atoms with Crippen molar-refractivity contribution in [2.45, 2.75) is 30.1 Å². The summed E-state index contributed by atoms with van der Waals surface area (Å²) in [6.45, 7) is 0. The molecule has 9 heteroatoms. The number of amides is 1. The van der Waals surface area contributed by atoms with E-state index in [0.717, 1.165) is 6.26 Å². The molecule has 1 amide bonds. The summed E-state index contributed by atoms with van der Waals surface area (Å²) in [6, 6.07) is 7.19. The van der Waals surface area contributed by atoms with E-state index in [9.17, 15) is 22.0 Å². The van der Waals surface area contributed by atoms with Gasteiger partial charge in [-0.2, -0.15) is 0 Å². The number of carbonyl (C=O) groups is 1. The topological polar surface area (TPSA) is 89.3 Å². The molecule has 1 fully saturated rings. The van der Waals surface area contributed by atoms with Gasteiger partial charge in [-0.25, -0.2) is 17.2 Å². The molecular weight excluding hydrogens is 378 g/mol. The molecule has 27 heavy (non-hydrogen) atoms. The first-order chi connectivity index (χ1) is 12.7.